The third-order valence-electron chi connectivity index (χ3n) is 3.65. The molecule has 114 valence electrons. The number of sulfone groups is 1. The minimum absolute atomic E-state index is 0.140. The molecule has 0 aromatic heterocycles. The molecule has 1 aliphatic heterocycles. The Morgan fingerprint density at radius 1 is 1.14 bits per heavy atom. The highest BCUT2D eigenvalue weighted by Gasteiger charge is 2.45. The van der Waals surface area contributed by atoms with Crippen LogP contribution in [0.4, 0.5) is 5.69 Å². The van der Waals surface area contributed by atoms with Crippen LogP contribution in [-0.2, 0) is 14.6 Å². The molecule has 0 fully saturated rings. The summed E-state index contributed by atoms with van der Waals surface area (Å²) in [5.74, 6) is -0.725. The fraction of sp³-hybridized carbons (Fsp3) is 0.133. The first-order valence-electron chi connectivity index (χ1n) is 6.55. The lowest BCUT2D eigenvalue weighted by atomic mass is 10.1. The molecule has 0 bridgehead atoms. The van der Waals surface area contributed by atoms with Crippen LogP contribution in [0.2, 0.25) is 5.02 Å². The van der Waals surface area contributed by atoms with Gasteiger partial charge in [0.15, 0.2) is 9.84 Å². The van der Waals surface area contributed by atoms with Gasteiger partial charge in [-0.05, 0) is 35.9 Å². The largest absolute Gasteiger partial charge is 0.372 e. The van der Waals surface area contributed by atoms with Crippen LogP contribution >= 0.6 is 11.6 Å². The highest BCUT2D eigenvalue weighted by molar-refractivity contribution is 7.91. The average molecular weight is 337 g/mol. The third kappa shape index (κ3) is 2.34. The van der Waals surface area contributed by atoms with E-state index < -0.39 is 27.0 Å². The highest BCUT2D eigenvalue weighted by Crippen LogP contribution is 2.43. The van der Waals surface area contributed by atoms with Crippen LogP contribution in [0.15, 0.2) is 53.4 Å². The third-order valence-corrected chi connectivity index (χ3v) is 6.01. The van der Waals surface area contributed by atoms with Gasteiger partial charge in [-0.25, -0.2) is 8.42 Å². The lowest BCUT2D eigenvalue weighted by Gasteiger charge is -2.18. The lowest BCUT2D eigenvalue weighted by Crippen LogP contribution is -2.39. The molecular weight excluding hydrogens is 324 g/mol. The molecule has 2 atom stereocenters. The van der Waals surface area contributed by atoms with E-state index in [1.165, 1.54) is 12.1 Å². The molecule has 2 aromatic rings. The molecule has 0 spiro atoms. The molecule has 5 nitrogen and oxygen atoms in total. The van der Waals surface area contributed by atoms with E-state index in [4.69, 9.17) is 17.3 Å². The number of hydrogen-bond donors (Lipinski definition) is 2. The molecule has 2 unspecified atom stereocenters. The number of carbonyl (C=O) groups excluding carboxylic acids is 1. The number of halogens is 1. The van der Waals surface area contributed by atoms with Gasteiger partial charge in [-0.3, -0.25) is 4.79 Å². The van der Waals surface area contributed by atoms with E-state index >= 15 is 0 Å². The zero-order valence-electron chi connectivity index (χ0n) is 11.4. The van der Waals surface area contributed by atoms with Crippen molar-refractivity contribution in [3.63, 3.8) is 0 Å². The minimum Gasteiger partial charge on any atom is -0.372 e. The number of carbonyl (C=O) groups is 1. The van der Waals surface area contributed by atoms with E-state index in [9.17, 15) is 13.2 Å². The zero-order chi connectivity index (χ0) is 15.9. The highest BCUT2D eigenvalue weighted by atomic mass is 35.5. The van der Waals surface area contributed by atoms with Crippen LogP contribution in [-0.4, -0.2) is 20.4 Å². The summed E-state index contributed by atoms with van der Waals surface area (Å²) in [6.07, 6.45) is 0. The van der Waals surface area contributed by atoms with Gasteiger partial charge >= 0.3 is 0 Å². The number of amides is 1. The van der Waals surface area contributed by atoms with Crippen molar-refractivity contribution in [2.45, 2.75) is 16.2 Å². The van der Waals surface area contributed by atoms with Crippen molar-refractivity contribution < 1.29 is 13.2 Å². The predicted octanol–water partition coefficient (Wildman–Crippen LogP) is 2.13. The Morgan fingerprint density at radius 3 is 2.45 bits per heavy atom. The van der Waals surface area contributed by atoms with Gasteiger partial charge in [-0.2, -0.15) is 0 Å². The van der Waals surface area contributed by atoms with E-state index in [1.54, 1.807) is 36.4 Å². The van der Waals surface area contributed by atoms with Crippen molar-refractivity contribution >= 4 is 33.0 Å². The van der Waals surface area contributed by atoms with Gasteiger partial charge in [0.2, 0.25) is 5.91 Å². The second-order valence-corrected chi connectivity index (χ2v) is 7.54. The molecule has 3 N–H and O–H groups in total. The van der Waals surface area contributed by atoms with Crippen LogP contribution < -0.4 is 11.1 Å². The second kappa shape index (κ2) is 5.30. The number of hydrogen-bond acceptors (Lipinski definition) is 4. The van der Waals surface area contributed by atoms with Crippen LogP contribution in [0.5, 0.6) is 0 Å². The molecule has 1 aliphatic rings. The van der Waals surface area contributed by atoms with E-state index in [1.807, 2.05) is 0 Å². The monoisotopic (exact) mass is 336 g/mol. The Morgan fingerprint density at radius 2 is 1.82 bits per heavy atom. The number of anilines is 1. The molecule has 0 saturated heterocycles. The Hall–Kier alpha value is -2.05. The summed E-state index contributed by atoms with van der Waals surface area (Å²) in [6.45, 7) is 0. The molecule has 0 aliphatic carbocycles. The first kappa shape index (κ1) is 14.9. The maximum Gasteiger partial charge on any atom is 0.241 e. The van der Waals surface area contributed by atoms with Crippen molar-refractivity contribution in [3.05, 3.63) is 59.1 Å². The Kier molecular flexibility index (Phi) is 3.58. The minimum atomic E-state index is -3.79. The zero-order valence-corrected chi connectivity index (χ0v) is 12.9. The smallest absolute Gasteiger partial charge is 0.241 e. The topological polar surface area (TPSA) is 89.3 Å². The van der Waals surface area contributed by atoms with Crippen LogP contribution in [0.25, 0.3) is 0 Å². The van der Waals surface area contributed by atoms with Crippen molar-refractivity contribution in [2.75, 3.05) is 5.32 Å². The SMILES string of the molecule is NC(=O)C1Nc2ccc(Cl)cc2C1S(=O)(=O)c1ccccc1. The Bertz CT molecular complexity index is 837. The average Bonchev–Trinajstić information content (AvgIpc) is 2.87. The van der Waals surface area contributed by atoms with Gasteiger partial charge in [0.25, 0.3) is 0 Å². The second-order valence-electron chi connectivity index (χ2n) is 5.03. The van der Waals surface area contributed by atoms with Gasteiger partial charge in [-0.15, -0.1) is 0 Å². The number of nitrogens with one attached hydrogen (secondary N) is 1. The molecule has 22 heavy (non-hydrogen) atoms. The molecule has 1 heterocycles. The molecule has 1 amide bonds. The molecule has 7 heteroatoms. The molecule has 0 radical (unpaired) electrons. The van der Waals surface area contributed by atoms with Gasteiger partial charge < -0.3 is 11.1 Å². The van der Waals surface area contributed by atoms with Crippen molar-refractivity contribution in [2.24, 2.45) is 5.73 Å². The predicted molar refractivity (Wildman–Crippen MR) is 84.4 cm³/mol. The Balaban J connectivity index is 2.19. The maximum atomic E-state index is 12.9. The lowest BCUT2D eigenvalue weighted by molar-refractivity contribution is -0.118. The van der Waals surface area contributed by atoms with E-state index in [0.29, 0.717) is 16.3 Å². The Labute approximate surface area is 133 Å². The number of fused-ring (bicyclic) bond motifs is 1. The van der Waals surface area contributed by atoms with Crippen molar-refractivity contribution in [1.82, 2.24) is 0 Å². The van der Waals surface area contributed by atoms with Crippen molar-refractivity contribution in [3.8, 4) is 0 Å². The van der Waals surface area contributed by atoms with Gasteiger partial charge in [-0.1, -0.05) is 29.8 Å². The molecular formula is C15H13ClN2O3S. The number of primary amides is 1. The van der Waals surface area contributed by atoms with Gasteiger partial charge in [0, 0.05) is 10.7 Å². The van der Waals surface area contributed by atoms with Crippen LogP contribution in [0, 0.1) is 0 Å². The number of nitrogens with two attached hydrogens (primary N) is 1. The first-order chi connectivity index (χ1) is 10.4. The quantitative estimate of drug-likeness (QED) is 0.898. The van der Waals surface area contributed by atoms with E-state index in [2.05, 4.69) is 5.32 Å². The summed E-state index contributed by atoms with van der Waals surface area (Å²) in [5, 5.41) is 2.18. The first-order valence-corrected chi connectivity index (χ1v) is 8.48. The van der Waals surface area contributed by atoms with E-state index in [0.717, 1.165) is 0 Å². The molecule has 3 rings (SSSR count). The maximum absolute atomic E-state index is 12.9. The van der Waals surface area contributed by atoms with E-state index in [-0.39, 0.29) is 4.90 Å². The summed E-state index contributed by atoms with van der Waals surface area (Å²) >= 11 is 5.97. The molecule has 0 saturated carbocycles. The summed E-state index contributed by atoms with van der Waals surface area (Å²) in [6, 6.07) is 11.8. The van der Waals surface area contributed by atoms with Crippen LogP contribution in [0.3, 0.4) is 0 Å². The number of benzene rings is 2. The summed E-state index contributed by atoms with van der Waals surface area (Å²) in [4.78, 5) is 11.8. The summed E-state index contributed by atoms with van der Waals surface area (Å²) in [5.41, 5.74) is 6.39. The van der Waals surface area contributed by atoms with Crippen molar-refractivity contribution in [1.29, 1.82) is 0 Å². The fourth-order valence-corrected chi connectivity index (χ4v) is 4.75. The number of rotatable bonds is 3. The van der Waals surface area contributed by atoms with Gasteiger partial charge in [0.05, 0.1) is 4.90 Å². The standard InChI is InChI=1S/C15H13ClN2O3S/c16-9-6-7-12-11(8-9)14(13(18-12)15(17)19)22(20,21)10-4-2-1-3-5-10/h1-8,13-14,18H,(H2,17,19). The summed E-state index contributed by atoms with van der Waals surface area (Å²) in [7, 11) is -3.79. The normalized spacial score (nSPS) is 20.2. The molecule has 2 aromatic carbocycles. The summed E-state index contributed by atoms with van der Waals surface area (Å²) < 4.78 is 25.9. The van der Waals surface area contributed by atoms with Crippen LogP contribution in [0.1, 0.15) is 10.8 Å². The fourth-order valence-electron chi connectivity index (χ4n) is 2.65. The van der Waals surface area contributed by atoms with Gasteiger partial charge in [0.1, 0.15) is 11.3 Å².